The van der Waals surface area contributed by atoms with Crippen molar-refractivity contribution in [2.45, 2.75) is 19.6 Å². The van der Waals surface area contributed by atoms with Crippen molar-refractivity contribution in [1.82, 2.24) is 0 Å². The number of anilines is 5. The molecule has 0 fully saturated rings. The SMILES string of the molecule is CN1c2ccccc2Sc2ccc(N3c4ccccc4Sc4ccccc43)cc21. The number of benzene rings is 4. The smallest absolute Gasteiger partial charge is 0.0601 e. The highest BCUT2D eigenvalue weighted by molar-refractivity contribution is 8.00. The Morgan fingerprint density at radius 2 is 1.00 bits per heavy atom. The van der Waals surface area contributed by atoms with Gasteiger partial charge in [-0.05, 0) is 54.6 Å². The van der Waals surface area contributed by atoms with E-state index in [0.29, 0.717) is 0 Å². The standard InChI is InChI=1S/C25H18N2S2/c1-26-18-8-2-5-11-22(18)28-25-15-14-17(16-21(25)26)27-19-9-3-6-12-23(19)29-24-13-7-4-10-20(24)27/h2-16H,1H3. The molecule has 4 aromatic carbocycles. The van der Waals surface area contributed by atoms with Crippen molar-refractivity contribution in [3.05, 3.63) is 91.0 Å². The molecule has 2 aliphatic heterocycles. The van der Waals surface area contributed by atoms with Crippen molar-refractivity contribution in [2.24, 2.45) is 0 Å². The molecule has 2 heterocycles. The molecule has 0 atom stereocenters. The summed E-state index contributed by atoms with van der Waals surface area (Å²) in [5, 5.41) is 0. The summed E-state index contributed by atoms with van der Waals surface area (Å²) < 4.78 is 0. The van der Waals surface area contributed by atoms with E-state index in [4.69, 9.17) is 0 Å². The molecule has 4 aromatic rings. The third kappa shape index (κ3) is 2.67. The molecule has 2 nitrogen and oxygen atoms in total. The zero-order valence-corrected chi connectivity index (χ0v) is 17.5. The molecule has 0 saturated heterocycles. The van der Waals surface area contributed by atoms with Gasteiger partial charge in [-0.3, -0.25) is 0 Å². The Kier molecular flexibility index (Phi) is 3.89. The maximum atomic E-state index is 2.39. The van der Waals surface area contributed by atoms with Crippen LogP contribution in [0.5, 0.6) is 0 Å². The number of nitrogens with zero attached hydrogens (tertiary/aromatic N) is 2. The van der Waals surface area contributed by atoms with Gasteiger partial charge in [0.05, 0.1) is 22.7 Å². The average Bonchev–Trinajstić information content (AvgIpc) is 2.77. The largest absolute Gasteiger partial charge is 0.343 e. The van der Waals surface area contributed by atoms with Crippen LogP contribution in [0.1, 0.15) is 0 Å². The molecule has 0 aromatic heterocycles. The molecule has 0 amide bonds. The first-order chi connectivity index (χ1) is 14.3. The quantitative estimate of drug-likeness (QED) is 0.277. The van der Waals surface area contributed by atoms with E-state index in [-0.39, 0.29) is 0 Å². The second kappa shape index (κ2) is 6.61. The first kappa shape index (κ1) is 17.1. The summed E-state index contributed by atoms with van der Waals surface area (Å²) in [6, 6.07) is 32.8. The van der Waals surface area contributed by atoms with Gasteiger partial charge >= 0.3 is 0 Å². The van der Waals surface area contributed by atoms with E-state index < -0.39 is 0 Å². The van der Waals surface area contributed by atoms with Crippen molar-refractivity contribution in [3.63, 3.8) is 0 Å². The van der Waals surface area contributed by atoms with E-state index in [0.717, 1.165) is 0 Å². The fourth-order valence-corrected chi connectivity index (χ4v) is 6.23. The van der Waals surface area contributed by atoms with Crippen LogP contribution in [0.2, 0.25) is 0 Å². The monoisotopic (exact) mass is 410 g/mol. The molecule has 0 saturated carbocycles. The molecule has 0 radical (unpaired) electrons. The van der Waals surface area contributed by atoms with Gasteiger partial charge in [0.1, 0.15) is 0 Å². The summed E-state index contributed by atoms with van der Waals surface area (Å²) >= 11 is 3.69. The third-order valence-electron chi connectivity index (χ3n) is 5.44. The van der Waals surface area contributed by atoms with Crippen LogP contribution in [0.25, 0.3) is 0 Å². The number of rotatable bonds is 1. The fourth-order valence-electron chi connectivity index (χ4n) is 4.04. The van der Waals surface area contributed by atoms with Gasteiger partial charge in [0.25, 0.3) is 0 Å². The fraction of sp³-hybridized carbons (Fsp3) is 0.0400. The Morgan fingerprint density at radius 1 is 0.517 bits per heavy atom. The molecule has 140 valence electrons. The number of hydrogen-bond acceptors (Lipinski definition) is 4. The van der Waals surface area contributed by atoms with E-state index in [9.17, 15) is 0 Å². The topological polar surface area (TPSA) is 6.48 Å². The average molecular weight is 411 g/mol. The minimum Gasteiger partial charge on any atom is -0.343 e. The lowest BCUT2D eigenvalue weighted by Crippen LogP contribution is -2.17. The molecular formula is C25H18N2S2. The Morgan fingerprint density at radius 3 is 1.62 bits per heavy atom. The predicted octanol–water partition coefficient (Wildman–Crippen LogP) is 7.85. The number of para-hydroxylation sites is 3. The van der Waals surface area contributed by atoms with Crippen molar-refractivity contribution in [1.29, 1.82) is 0 Å². The summed E-state index contributed by atoms with van der Waals surface area (Å²) in [6.45, 7) is 0. The molecule has 2 aliphatic rings. The molecule has 0 bridgehead atoms. The van der Waals surface area contributed by atoms with Gasteiger partial charge in [-0.25, -0.2) is 0 Å². The lowest BCUT2D eigenvalue weighted by atomic mass is 10.1. The van der Waals surface area contributed by atoms with Gasteiger partial charge in [-0.2, -0.15) is 0 Å². The van der Waals surface area contributed by atoms with E-state index in [2.05, 4.69) is 108 Å². The second-order valence-electron chi connectivity index (χ2n) is 7.15. The maximum Gasteiger partial charge on any atom is 0.0601 e. The first-order valence-corrected chi connectivity index (χ1v) is 11.2. The summed E-state index contributed by atoms with van der Waals surface area (Å²) in [5.74, 6) is 0. The highest BCUT2D eigenvalue weighted by atomic mass is 32.2. The summed E-state index contributed by atoms with van der Waals surface area (Å²) in [4.78, 5) is 9.87. The predicted molar refractivity (Wildman–Crippen MR) is 124 cm³/mol. The van der Waals surface area contributed by atoms with Crippen molar-refractivity contribution in [3.8, 4) is 0 Å². The third-order valence-corrected chi connectivity index (χ3v) is 7.70. The van der Waals surface area contributed by atoms with Crippen molar-refractivity contribution < 1.29 is 0 Å². The summed E-state index contributed by atoms with van der Waals surface area (Å²) in [7, 11) is 2.16. The van der Waals surface area contributed by atoms with Crippen LogP contribution in [0, 0.1) is 0 Å². The van der Waals surface area contributed by atoms with Gasteiger partial charge in [0.2, 0.25) is 0 Å². The Balaban J connectivity index is 1.52. The number of fused-ring (bicyclic) bond motifs is 4. The van der Waals surface area contributed by atoms with Crippen LogP contribution in [0.15, 0.2) is 111 Å². The zero-order valence-electron chi connectivity index (χ0n) is 15.9. The lowest BCUT2D eigenvalue weighted by molar-refractivity contribution is 1.10. The molecule has 0 spiro atoms. The van der Waals surface area contributed by atoms with Crippen LogP contribution in [-0.2, 0) is 0 Å². The van der Waals surface area contributed by atoms with Crippen LogP contribution < -0.4 is 9.80 Å². The first-order valence-electron chi connectivity index (χ1n) is 9.60. The van der Waals surface area contributed by atoms with Crippen LogP contribution in [-0.4, -0.2) is 7.05 Å². The van der Waals surface area contributed by atoms with Gasteiger partial charge in [0, 0.05) is 32.3 Å². The molecule has 6 rings (SSSR count). The van der Waals surface area contributed by atoms with Gasteiger partial charge in [0.15, 0.2) is 0 Å². The molecule has 4 heteroatoms. The van der Waals surface area contributed by atoms with E-state index in [1.807, 2.05) is 23.5 Å². The van der Waals surface area contributed by atoms with Crippen LogP contribution in [0.4, 0.5) is 28.4 Å². The minimum atomic E-state index is 1.19. The Bertz CT molecular complexity index is 1210. The van der Waals surface area contributed by atoms with Crippen LogP contribution >= 0.6 is 23.5 Å². The highest BCUT2D eigenvalue weighted by Crippen LogP contribution is 2.53. The van der Waals surface area contributed by atoms with Crippen LogP contribution in [0.3, 0.4) is 0 Å². The molecule has 29 heavy (non-hydrogen) atoms. The van der Waals surface area contributed by atoms with E-state index in [1.165, 1.54) is 48.0 Å². The summed E-state index contributed by atoms with van der Waals surface area (Å²) in [6.07, 6.45) is 0. The van der Waals surface area contributed by atoms with Gasteiger partial charge in [-0.1, -0.05) is 59.9 Å². The maximum absolute atomic E-state index is 2.39. The second-order valence-corrected chi connectivity index (χ2v) is 9.32. The molecular weight excluding hydrogens is 392 g/mol. The molecule has 0 unspecified atom stereocenters. The Labute approximate surface area is 179 Å². The van der Waals surface area contributed by atoms with Gasteiger partial charge in [-0.15, -0.1) is 0 Å². The lowest BCUT2D eigenvalue weighted by Gasteiger charge is -2.35. The highest BCUT2D eigenvalue weighted by Gasteiger charge is 2.26. The Hall–Kier alpha value is -2.82. The molecule has 0 aliphatic carbocycles. The van der Waals surface area contributed by atoms with Crippen molar-refractivity contribution >= 4 is 52.0 Å². The van der Waals surface area contributed by atoms with E-state index in [1.54, 1.807) is 0 Å². The number of hydrogen-bond donors (Lipinski definition) is 0. The minimum absolute atomic E-state index is 1.19. The van der Waals surface area contributed by atoms with Crippen molar-refractivity contribution in [2.75, 3.05) is 16.8 Å². The molecule has 0 N–H and O–H groups in total. The normalized spacial score (nSPS) is 14.0. The van der Waals surface area contributed by atoms with Gasteiger partial charge < -0.3 is 9.80 Å². The van der Waals surface area contributed by atoms with E-state index >= 15 is 0 Å². The summed E-state index contributed by atoms with van der Waals surface area (Å²) in [5.41, 5.74) is 6.18. The zero-order chi connectivity index (χ0) is 19.4.